The number of hydrogen-bond donors (Lipinski definition) is 0. The topological polar surface area (TPSA) is 6.48 Å². The Morgan fingerprint density at radius 3 is 2.42 bits per heavy atom. The van der Waals surface area contributed by atoms with Gasteiger partial charge in [0.1, 0.15) is 0 Å². The Bertz CT molecular complexity index is 726. The molecule has 4 atom stereocenters. The Kier molecular flexibility index (Phi) is 3.50. The molecular formula is C22H26N2. The number of rotatable bonds is 1. The summed E-state index contributed by atoms with van der Waals surface area (Å²) in [6, 6.07) is 21.5. The zero-order valence-electron chi connectivity index (χ0n) is 14.4. The lowest BCUT2D eigenvalue weighted by atomic mass is 9.80. The van der Waals surface area contributed by atoms with Crippen molar-refractivity contribution in [2.75, 3.05) is 13.1 Å². The first-order valence-corrected chi connectivity index (χ1v) is 9.48. The maximum Gasteiger partial charge on any atom is 0.0633 e. The number of nitrogens with zero attached hydrogens (tertiary/aromatic N) is 2. The quantitative estimate of drug-likeness (QED) is 0.751. The molecule has 0 N–H and O–H groups in total. The third-order valence-electron chi connectivity index (χ3n) is 6.45. The molecule has 0 aliphatic carbocycles. The summed E-state index contributed by atoms with van der Waals surface area (Å²) in [5, 5.41) is 0. The van der Waals surface area contributed by atoms with Gasteiger partial charge in [0.15, 0.2) is 0 Å². The molecule has 2 saturated heterocycles. The fraction of sp³-hybridized carbons (Fsp3) is 0.455. The summed E-state index contributed by atoms with van der Waals surface area (Å²) in [6.07, 6.45) is 4.52. The van der Waals surface area contributed by atoms with Crippen LogP contribution in [0.3, 0.4) is 0 Å². The Hall–Kier alpha value is -1.64. The Morgan fingerprint density at radius 1 is 0.833 bits per heavy atom. The summed E-state index contributed by atoms with van der Waals surface area (Å²) < 4.78 is 0. The lowest BCUT2D eigenvalue weighted by molar-refractivity contribution is -0.0548. The smallest absolute Gasteiger partial charge is 0.0633 e. The molecule has 0 saturated carbocycles. The van der Waals surface area contributed by atoms with Gasteiger partial charge in [0, 0.05) is 25.2 Å². The van der Waals surface area contributed by atoms with E-state index in [1.54, 1.807) is 11.1 Å². The van der Waals surface area contributed by atoms with Crippen LogP contribution >= 0.6 is 0 Å². The highest BCUT2D eigenvalue weighted by Crippen LogP contribution is 2.49. The molecule has 3 heterocycles. The van der Waals surface area contributed by atoms with Crippen LogP contribution in [0.2, 0.25) is 0 Å². The molecule has 0 unspecified atom stereocenters. The first-order valence-electron chi connectivity index (χ1n) is 9.48. The largest absolute Gasteiger partial charge is 0.281 e. The van der Waals surface area contributed by atoms with Gasteiger partial charge in [0.2, 0.25) is 0 Å². The van der Waals surface area contributed by atoms with Gasteiger partial charge < -0.3 is 0 Å². The predicted molar refractivity (Wildman–Crippen MR) is 97.8 cm³/mol. The summed E-state index contributed by atoms with van der Waals surface area (Å²) >= 11 is 0. The van der Waals surface area contributed by atoms with E-state index in [9.17, 15) is 0 Å². The Balaban J connectivity index is 1.58. The second-order valence-corrected chi connectivity index (χ2v) is 7.77. The molecule has 2 heteroatoms. The highest BCUT2D eigenvalue weighted by atomic mass is 15.4. The fourth-order valence-corrected chi connectivity index (χ4v) is 5.42. The van der Waals surface area contributed by atoms with Crippen molar-refractivity contribution in [1.82, 2.24) is 9.80 Å². The van der Waals surface area contributed by atoms with E-state index in [1.807, 2.05) is 0 Å². The molecule has 2 aromatic rings. The van der Waals surface area contributed by atoms with Gasteiger partial charge in [-0.25, -0.2) is 0 Å². The standard InChI is InChI=1S/C22H26N2/c1-16-15-24-21(19-11-6-5-10-18(16)19)14-20(17-8-3-2-4-9-17)23-13-7-12-22(23)24/h2-6,8-11,16,20-22H,7,12-15H2,1H3/t16-,20+,21-,22-/m1/s1. The molecule has 0 spiro atoms. The first kappa shape index (κ1) is 14.7. The van der Waals surface area contributed by atoms with Crippen LogP contribution in [-0.2, 0) is 0 Å². The molecule has 124 valence electrons. The summed E-state index contributed by atoms with van der Waals surface area (Å²) in [5.41, 5.74) is 4.67. The van der Waals surface area contributed by atoms with E-state index >= 15 is 0 Å². The number of benzene rings is 2. The second-order valence-electron chi connectivity index (χ2n) is 7.77. The van der Waals surface area contributed by atoms with Crippen molar-refractivity contribution >= 4 is 0 Å². The summed E-state index contributed by atoms with van der Waals surface area (Å²) in [5.74, 6) is 0.646. The van der Waals surface area contributed by atoms with Gasteiger partial charge in [0.05, 0.1) is 6.17 Å². The van der Waals surface area contributed by atoms with E-state index in [0.29, 0.717) is 24.2 Å². The van der Waals surface area contributed by atoms with Crippen LogP contribution in [0.15, 0.2) is 54.6 Å². The lowest BCUT2D eigenvalue weighted by Crippen LogP contribution is -2.55. The predicted octanol–water partition coefficient (Wildman–Crippen LogP) is 4.71. The van der Waals surface area contributed by atoms with Gasteiger partial charge in [0.25, 0.3) is 0 Å². The first-order chi connectivity index (χ1) is 11.8. The molecule has 0 amide bonds. The van der Waals surface area contributed by atoms with E-state index < -0.39 is 0 Å². The minimum absolute atomic E-state index is 0.571. The summed E-state index contributed by atoms with van der Waals surface area (Å²) in [6.45, 7) is 4.87. The van der Waals surface area contributed by atoms with Gasteiger partial charge in [-0.15, -0.1) is 0 Å². The maximum atomic E-state index is 2.82. The average Bonchev–Trinajstić information content (AvgIpc) is 3.12. The van der Waals surface area contributed by atoms with Crippen LogP contribution in [0.25, 0.3) is 0 Å². The third-order valence-corrected chi connectivity index (χ3v) is 6.45. The zero-order chi connectivity index (χ0) is 16.1. The third kappa shape index (κ3) is 2.17. The van der Waals surface area contributed by atoms with Crippen LogP contribution in [0, 0.1) is 0 Å². The molecule has 3 aliphatic heterocycles. The van der Waals surface area contributed by atoms with Gasteiger partial charge in [-0.1, -0.05) is 61.5 Å². The minimum atomic E-state index is 0.571. The van der Waals surface area contributed by atoms with E-state index in [2.05, 4.69) is 71.3 Å². The van der Waals surface area contributed by atoms with Crippen LogP contribution in [0.4, 0.5) is 0 Å². The SMILES string of the molecule is C[C@@H]1CN2[C@@H]3CCCN3[C@H](c3ccccc3)C[C@@H]2c2ccccc21. The van der Waals surface area contributed by atoms with Gasteiger partial charge in [-0.3, -0.25) is 9.80 Å². The summed E-state index contributed by atoms with van der Waals surface area (Å²) in [4.78, 5) is 5.60. The highest BCUT2D eigenvalue weighted by Gasteiger charge is 2.46. The molecule has 24 heavy (non-hydrogen) atoms. The zero-order valence-corrected chi connectivity index (χ0v) is 14.4. The van der Waals surface area contributed by atoms with Crippen LogP contribution < -0.4 is 0 Å². The molecule has 2 aromatic carbocycles. The van der Waals surface area contributed by atoms with Crippen molar-refractivity contribution in [2.24, 2.45) is 0 Å². The number of fused-ring (bicyclic) bond motifs is 5. The van der Waals surface area contributed by atoms with Gasteiger partial charge >= 0.3 is 0 Å². The monoisotopic (exact) mass is 318 g/mol. The molecule has 0 radical (unpaired) electrons. The molecule has 2 nitrogen and oxygen atoms in total. The minimum Gasteiger partial charge on any atom is -0.281 e. The Labute approximate surface area is 145 Å². The van der Waals surface area contributed by atoms with E-state index in [1.165, 1.54) is 37.9 Å². The van der Waals surface area contributed by atoms with Crippen LogP contribution in [-0.4, -0.2) is 29.1 Å². The van der Waals surface area contributed by atoms with Crippen molar-refractivity contribution in [3.05, 3.63) is 71.3 Å². The summed E-state index contributed by atoms with van der Waals surface area (Å²) in [7, 11) is 0. The Morgan fingerprint density at radius 2 is 1.58 bits per heavy atom. The van der Waals surface area contributed by atoms with Gasteiger partial charge in [-0.2, -0.15) is 0 Å². The van der Waals surface area contributed by atoms with Crippen LogP contribution in [0.1, 0.15) is 60.9 Å². The fourth-order valence-electron chi connectivity index (χ4n) is 5.42. The van der Waals surface area contributed by atoms with Gasteiger partial charge in [-0.05, 0) is 41.9 Å². The molecule has 5 rings (SSSR count). The van der Waals surface area contributed by atoms with Crippen molar-refractivity contribution in [1.29, 1.82) is 0 Å². The molecular weight excluding hydrogens is 292 g/mol. The van der Waals surface area contributed by atoms with E-state index in [0.717, 1.165) is 0 Å². The molecule has 0 aromatic heterocycles. The maximum absolute atomic E-state index is 2.82. The molecule has 3 aliphatic rings. The van der Waals surface area contributed by atoms with Crippen LogP contribution in [0.5, 0.6) is 0 Å². The van der Waals surface area contributed by atoms with Crippen molar-refractivity contribution in [2.45, 2.75) is 50.4 Å². The average molecular weight is 318 g/mol. The van der Waals surface area contributed by atoms with E-state index in [-0.39, 0.29) is 0 Å². The van der Waals surface area contributed by atoms with Crippen molar-refractivity contribution in [3.8, 4) is 0 Å². The number of hydrogen-bond acceptors (Lipinski definition) is 2. The van der Waals surface area contributed by atoms with Crippen molar-refractivity contribution < 1.29 is 0 Å². The highest BCUT2D eigenvalue weighted by molar-refractivity contribution is 5.37. The molecule has 2 fully saturated rings. The second kappa shape index (κ2) is 5.72. The normalized spacial score (nSPS) is 32.9. The van der Waals surface area contributed by atoms with Crippen molar-refractivity contribution in [3.63, 3.8) is 0 Å². The van der Waals surface area contributed by atoms with E-state index in [4.69, 9.17) is 0 Å². The molecule has 0 bridgehead atoms. The lowest BCUT2D eigenvalue weighted by Gasteiger charge is -2.53.